The highest BCUT2D eigenvalue weighted by molar-refractivity contribution is 7.13. The van der Waals surface area contributed by atoms with E-state index in [1.165, 1.54) is 18.4 Å². The first kappa shape index (κ1) is 14.6. The summed E-state index contributed by atoms with van der Waals surface area (Å²) in [5.41, 5.74) is 8.33. The Morgan fingerprint density at radius 1 is 1.59 bits per heavy atom. The van der Waals surface area contributed by atoms with Gasteiger partial charge in [0.15, 0.2) is 5.13 Å². The monoisotopic (exact) mass is 319 g/mol. The van der Waals surface area contributed by atoms with Crippen molar-refractivity contribution in [2.45, 2.75) is 13.0 Å². The summed E-state index contributed by atoms with van der Waals surface area (Å²) in [6, 6.07) is 5.82. The van der Waals surface area contributed by atoms with E-state index in [2.05, 4.69) is 4.98 Å². The molecular weight excluding hydrogens is 302 g/mol. The van der Waals surface area contributed by atoms with E-state index in [9.17, 15) is 4.79 Å². The summed E-state index contributed by atoms with van der Waals surface area (Å²) >= 11 is 1.40. The van der Waals surface area contributed by atoms with E-state index in [4.69, 9.17) is 15.2 Å². The molecule has 1 aromatic carbocycles. The number of nitrogen functional groups attached to an aromatic ring is 1. The molecule has 1 aliphatic heterocycles. The maximum Gasteiger partial charge on any atom is 0.325 e. The number of anilines is 2. The van der Waals surface area contributed by atoms with Crippen molar-refractivity contribution in [3.05, 3.63) is 23.6 Å². The predicted molar refractivity (Wildman–Crippen MR) is 86.3 cm³/mol. The summed E-state index contributed by atoms with van der Waals surface area (Å²) in [6.07, 6.45) is 0.0120. The second kappa shape index (κ2) is 5.84. The summed E-state index contributed by atoms with van der Waals surface area (Å²) in [4.78, 5) is 17.9. The summed E-state index contributed by atoms with van der Waals surface area (Å²) in [5.74, 6) is 0.484. The van der Waals surface area contributed by atoms with Crippen molar-refractivity contribution in [3.63, 3.8) is 0 Å². The summed E-state index contributed by atoms with van der Waals surface area (Å²) in [6.45, 7) is 2.80. The minimum Gasteiger partial charge on any atom is -0.487 e. The fourth-order valence-corrected chi connectivity index (χ4v) is 3.05. The van der Waals surface area contributed by atoms with E-state index in [-0.39, 0.29) is 18.6 Å². The van der Waals surface area contributed by atoms with Gasteiger partial charge in [-0.05, 0) is 25.1 Å². The number of hydrogen-bond acceptors (Lipinski definition) is 7. The fraction of sp³-hybridized carbons (Fsp3) is 0.333. The molecule has 2 N–H and O–H groups in total. The van der Waals surface area contributed by atoms with Crippen molar-refractivity contribution in [2.75, 3.05) is 30.8 Å². The van der Waals surface area contributed by atoms with Crippen molar-refractivity contribution in [1.82, 2.24) is 4.98 Å². The number of nitrogens with zero attached hydrogens (tertiary/aromatic N) is 2. The number of esters is 1. The number of rotatable bonds is 3. The van der Waals surface area contributed by atoms with E-state index in [1.54, 1.807) is 0 Å². The quantitative estimate of drug-likeness (QED) is 0.874. The zero-order valence-corrected chi connectivity index (χ0v) is 13.2. The normalized spacial score (nSPS) is 16.8. The van der Waals surface area contributed by atoms with E-state index in [0.717, 1.165) is 22.7 Å². The number of carbonyl (C=O) groups is 1. The maximum atomic E-state index is 11.6. The van der Waals surface area contributed by atoms with Crippen molar-refractivity contribution in [1.29, 1.82) is 0 Å². The average molecular weight is 319 g/mol. The van der Waals surface area contributed by atoms with Gasteiger partial charge in [0, 0.05) is 10.9 Å². The molecule has 3 rings (SSSR count). The SMILES string of the molecule is COC(=O)CN1CC(C)Oc2ccc(-c3csc(N)n3)cc21. The van der Waals surface area contributed by atoms with Crippen LogP contribution in [-0.4, -0.2) is 37.3 Å². The second-order valence-electron chi connectivity index (χ2n) is 5.14. The second-order valence-corrected chi connectivity index (χ2v) is 6.03. The van der Waals surface area contributed by atoms with Crippen LogP contribution in [0.3, 0.4) is 0 Å². The number of hydrogen-bond donors (Lipinski definition) is 1. The Bertz CT molecular complexity index is 701. The van der Waals surface area contributed by atoms with Crippen molar-refractivity contribution >= 4 is 28.1 Å². The lowest BCUT2D eigenvalue weighted by Gasteiger charge is -2.34. The third-order valence-corrected chi connectivity index (χ3v) is 4.14. The van der Waals surface area contributed by atoms with Crippen LogP contribution >= 0.6 is 11.3 Å². The number of nitrogens with two attached hydrogens (primary N) is 1. The van der Waals surface area contributed by atoms with Crippen molar-refractivity contribution < 1.29 is 14.3 Å². The molecule has 0 saturated carbocycles. The number of methoxy groups -OCH3 is 1. The molecule has 0 spiro atoms. The molecule has 6 nitrogen and oxygen atoms in total. The molecule has 0 bridgehead atoms. The molecule has 7 heteroatoms. The van der Waals surface area contributed by atoms with Gasteiger partial charge in [0.05, 0.1) is 25.0 Å². The van der Waals surface area contributed by atoms with Gasteiger partial charge in [-0.15, -0.1) is 11.3 Å². The van der Waals surface area contributed by atoms with Crippen LogP contribution in [-0.2, 0) is 9.53 Å². The molecule has 0 radical (unpaired) electrons. The Balaban J connectivity index is 1.97. The molecule has 116 valence electrons. The topological polar surface area (TPSA) is 77.7 Å². The molecule has 1 unspecified atom stereocenters. The first-order valence-electron chi connectivity index (χ1n) is 6.90. The average Bonchev–Trinajstić information content (AvgIpc) is 2.93. The van der Waals surface area contributed by atoms with Crippen LogP contribution in [0.15, 0.2) is 23.6 Å². The van der Waals surface area contributed by atoms with Crippen LogP contribution in [0.5, 0.6) is 5.75 Å². The Morgan fingerprint density at radius 2 is 2.41 bits per heavy atom. The van der Waals surface area contributed by atoms with Crippen LogP contribution in [0.1, 0.15) is 6.92 Å². The molecule has 0 fully saturated rings. The Hall–Kier alpha value is -2.28. The first-order valence-corrected chi connectivity index (χ1v) is 7.78. The lowest BCUT2D eigenvalue weighted by molar-refractivity contribution is -0.139. The van der Waals surface area contributed by atoms with Gasteiger partial charge in [-0.3, -0.25) is 4.79 Å². The zero-order chi connectivity index (χ0) is 15.7. The molecule has 22 heavy (non-hydrogen) atoms. The molecule has 1 aliphatic rings. The van der Waals surface area contributed by atoms with Gasteiger partial charge in [-0.2, -0.15) is 0 Å². The molecule has 0 aliphatic carbocycles. The Morgan fingerprint density at radius 3 is 3.09 bits per heavy atom. The van der Waals surface area contributed by atoms with Gasteiger partial charge >= 0.3 is 5.97 Å². The van der Waals surface area contributed by atoms with E-state index >= 15 is 0 Å². The number of benzene rings is 1. The summed E-state index contributed by atoms with van der Waals surface area (Å²) in [5, 5.41) is 2.44. The standard InChI is InChI=1S/C15H17N3O3S/c1-9-6-18(7-14(19)20-2)12-5-10(3-4-13(12)21-9)11-8-22-15(16)17-11/h3-5,8-9H,6-7H2,1-2H3,(H2,16,17). The van der Waals surface area contributed by atoms with Crippen LogP contribution in [0.25, 0.3) is 11.3 Å². The fourth-order valence-electron chi connectivity index (χ4n) is 2.48. The molecule has 1 aromatic heterocycles. The van der Waals surface area contributed by atoms with Crippen LogP contribution in [0.2, 0.25) is 0 Å². The van der Waals surface area contributed by atoms with Gasteiger partial charge < -0.3 is 20.1 Å². The van der Waals surface area contributed by atoms with Gasteiger partial charge in [-0.1, -0.05) is 0 Å². The van der Waals surface area contributed by atoms with Crippen LogP contribution in [0.4, 0.5) is 10.8 Å². The first-order chi connectivity index (χ1) is 10.6. The largest absolute Gasteiger partial charge is 0.487 e. The molecule has 0 amide bonds. The predicted octanol–water partition coefficient (Wildman–Crippen LogP) is 2.15. The van der Waals surface area contributed by atoms with E-state index < -0.39 is 0 Å². The minimum atomic E-state index is -0.275. The molecule has 1 atom stereocenters. The van der Waals surface area contributed by atoms with Gasteiger partial charge in [0.2, 0.25) is 0 Å². The Kier molecular flexibility index (Phi) is 3.89. The third-order valence-electron chi connectivity index (χ3n) is 3.47. The number of ether oxygens (including phenoxy) is 2. The highest BCUT2D eigenvalue weighted by atomic mass is 32.1. The van der Waals surface area contributed by atoms with Crippen LogP contribution in [0, 0.1) is 0 Å². The Labute approximate surface area is 132 Å². The maximum absolute atomic E-state index is 11.6. The molecule has 0 saturated heterocycles. The van der Waals surface area contributed by atoms with Gasteiger partial charge in [-0.25, -0.2) is 4.98 Å². The van der Waals surface area contributed by atoms with Crippen molar-refractivity contribution in [3.8, 4) is 17.0 Å². The highest BCUT2D eigenvalue weighted by Gasteiger charge is 2.25. The van der Waals surface area contributed by atoms with Crippen molar-refractivity contribution in [2.24, 2.45) is 0 Å². The summed E-state index contributed by atoms with van der Waals surface area (Å²) < 4.78 is 10.6. The highest BCUT2D eigenvalue weighted by Crippen LogP contribution is 2.37. The van der Waals surface area contributed by atoms with Gasteiger partial charge in [0.1, 0.15) is 18.4 Å². The lowest BCUT2D eigenvalue weighted by atomic mass is 10.1. The smallest absolute Gasteiger partial charge is 0.325 e. The van der Waals surface area contributed by atoms with Crippen LogP contribution < -0.4 is 15.4 Å². The zero-order valence-electron chi connectivity index (χ0n) is 12.4. The van der Waals surface area contributed by atoms with E-state index in [0.29, 0.717) is 11.7 Å². The molecule has 2 aromatic rings. The van der Waals surface area contributed by atoms with E-state index in [1.807, 2.05) is 35.4 Å². The molecular formula is C15H17N3O3S. The third kappa shape index (κ3) is 2.85. The molecule has 2 heterocycles. The number of carbonyl (C=O) groups excluding carboxylic acids is 1. The van der Waals surface area contributed by atoms with Gasteiger partial charge in [0.25, 0.3) is 0 Å². The minimum absolute atomic E-state index is 0.0120. The number of fused-ring (bicyclic) bond motifs is 1. The number of thiazole rings is 1. The number of aromatic nitrogens is 1. The lowest BCUT2D eigenvalue weighted by Crippen LogP contribution is -2.41. The summed E-state index contributed by atoms with van der Waals surface area (Å²) in [7, 11) is 1.39.